The van der Waals surface area contributed by atoms with Crippen LogP contribution in [0.25, 0.3) is 21.3 Å². The van der Waals surface area contributed by atoms with E-state index < -0.39 is 5.97 Å². The van der Waals surface area contributed by atoms with E-state index in [4.69, 9.17) is 24.3 Å². The molecule has 4 fully saturated rings. The Hall–Kier alpha value is -4.69. The number of carbonyl (C=O) groups excluding carboxylic acids is 1. The highest BCUT2D eigenvalue weighted by Crippen LogP contribution is 2.63. The van der Waals surface area contributed by atoms with Gasteiger partial charge in [0.15, 0.2) is 10.8 Å². The number of ether oxygens (including phenoxy) is 3. The number of carboxylic acids is 1. The minimum atomic E-state index is -1.09. The molecule has 12 nitrogen and oxygen atoms in total. The Morgan fingerprint density at radius 3 is 2.59 bits per heavy atom. The summed E-state index contributed by atoms with van der Waals surface area (Å²) in [6.45, 7) is 6.23. The number of amides is 1. The number of thiazole rings is 1. The summed E-state index contributed by atoms with van der Waals surface area (Å²) >= 11 is 1.44. The second-order valence-corrected chi connectivity index (χ2v) is 17.4. The number of nitrogens with one attached hydrogen (secondary N) is 1. The van der Waals surface area contributed by atoms with E-state index in [1.165, 1.54) is 30.6 Å². The summed E-state index contributed by atoms with van der Waals surface area (Å²) < 4.78 is 20.6. The van der Waals surface area contributed by atoms with Gasteiger partial charge in [0.2, 0.25) is 0 Å². The molecule has 3 aromatic heterocycles. The third-order valence-corrected chi connectivity index (χ3v) is 13.5. The second-order valence-electron chi connectivity index (χ2n) is 16.3. The Bertz CT molecular complexity index is 2240. The van der Waals surface area contributed by atoms with Gasteiger partial charge in [0.05, 0.1) is 48.4 Å². The lowest BCUT2D eigenvalue weighted by molar-refractivity contribution is -0.201. The van der Waals surface area contributed by atoms with Gasteiger partial charge in [-0.25, -0.2) is 14.8 Å². The van der Waals surface area contributed by atoms with Gasteiger partial charge in [0, 0.05) is 49.1 Å². The molecule has 4 heterocycles. The Morgan fingerprint density at radius 1 is 0.964 bits per heavy atom. The quantitative estimate of drug-likeness (QED) is 0.110. The molecule has 5 aromatic rings. The van der Waals surface area contributed by atoms with Crippen molar-refractivity contribution in [3.63, 3.8) is 0 Å². The summed E-state index contributed by atoms with van der Waals surface area (Å²) in [5.41, 5.74) is 5.69. The van der Waals surface area contributed by atoms with Crippen LogP contribution in [-0.2, 0) is 33.7 Å². The first-order valence-electron chi connectivity index (χ1n) is 19.7. The maximum atomic E-state index is 13.6. The minimum absolute atomic E-state index is 0.00677. The van der Waals surface area contributed by atoms with E-state index in [9.17, 15) is 14.7 Å². The highest BCUT2D eigenvalue weighted by Gasteiger charge is 2.58. The molecule has 1 amide bonds. The lowest BCUT2D eigenvalue weighted by Gasteiger charge is -2.61. The lowest BCUT2D eigenvalue weighted by atomic mass is 9.48. The third kappa shape index (κ3) is 7.10. The normalized spacial score (nSPS) is 23.8. The predicted molar refractivity (Wildman–Crippen MR) is 214 cm³/mol. The molecule has 4 bridgehead atoms. The average Bonchev–Trinajstić information content (AvgIpc) is 3.76. The number of hydrogen-bond donors (Lipinski definition) is 2. The van der Waals surface area contributed by atoms with Crippen molar-refractivity contribution in [2.24, 2.45) is 17.3 Å². The van der Waals surface area contributed by atoms with Crippen molar-refractivity contribution in [2.75, 3.05) is 50.3 Å². The largest absolute Gasteiger partial charge is 0.476 e. The van der Waals surface area contributed by atoms with Crippen molar-refractivity contribution >= 4 is 44.4 Å². The number of hydrogen-bond acceptors (Lipinski definition) is 10. The summed E-state index contributed by atoms with van der Waals surface area (Å²) in [5.74, 6) is 0.563. The van der Waals surface area contributed by atoms with E-state index in [1.807, 2.05) is 55.5 Å². The molecule has 2 unspecified atom stereocenters. The van der Waals surface area contributed by atoms with E-state index in [-0.39, 0.29) is 22.6 Å². The number of methoxy groups -OCH3 is 1. The van der Waals surface area contributed by atoms with Crippen LogP contribution in [0.3, 0.4) is 0 Å². The van der Waals surface area contributed by atoms with Gasteiger partial charge in [-0.2, -0.15) is 5.10 Å². The molecule has 56 heavy (non-hydrogen) atoms. The van der Waals surface area contributed by atoms with Crippen LogP contribution < -0.4 is 10.2 Å². The zero-order valence-corrected chi connectivity index (χ0v) is 32.8. The SMILES string of the molecule is COCCOCCOC12CC3CC(CC(Cn4ncc(-c5ccc(N6CCc7cccc(C(=O)Nc8nc9ccccc9s8)c7C6)nc5C(=O)O)c4C)(C3)C1)C2. The van der Waals surface area contributed by atoms with E-state index >= 15 is 0 Å². The number of benzene rings is 2. The first kappa shape index (κ1) is 36.9. The molecule has 292 valence electrons. The van der Waals surface area contributed by atoms with Crippen LogP contribution >= 0.6 is 11.3 Å². The van der Waals surface area contributed by atoms with Crippen molar-refractivity contribution in [2.45, 2.75) is 70.6 Å². The number of carboxylic acid groups (broad SMARTS) is 1. The molecule has 2 atom stereocenters. The van der Waals surface area contributed by atoms with Crippen molar-refractivity contribution in [3.8, 4) is 11.1 Å². The zero-order chi connectivity index (χ0) is 38.4. The number of para-hydroxylation sites is 1. The molecular weight excluding hydrogens is 729 g/mol. The number of aromatic nitrogens is 4. The van der Waals surface area contributed by atoms with Crippen LogP contribution in [0.1, 0.15) is 76.2 Å². The number of fused-ring (bicyclic) bond motifs is 2. The minimum Gasteiger partial charge on any atom is -0.476 e. The first-order chi connectivity index (χ1) is 27.2. The van der Waals surface area contributed by atoms with Gasteiger partial charge < -0.3 is 24.2 Å². The Morgan fingerprint density at radius 2 is 1.79 bits per heavy atom. The van der Waals surface area contributed by atoms with Gasteiger partial charge >= 0.3 is 5.97 Å². The monoisotopic (exact) mass is 776 g/mol. The number of aromatic carboxylic acids is 1. The fraction of sp³-hybridized carbons (Fsp3) is 0.465. The van der Waals surface area contributed by atoms with Crippen molar-refractivity contribution in [3.05, 3.63) is 88.9 Å². The smallest absolute Gasteiger partial charge is 0.355 e. The highest BCUT2D eigenvalue weighted by atomic mass is 32.1. The number of anilines is 2. The van der Waals surface area contributed by atoms with Crippen LogP contribution in [0.15, 0.2) is 60.8 Å². The summed E-state index contributed by atoms with van der Waals surface area (Å²) in [6.07, 6.45) is 9.39. The number of rotatable bonds is 14. The fourth-order valence-corrected chi connectivity index (χ4v) is 11.4. The van der Waals surface area contributed by atoms with E-state index in [0.29, 0.717) is 79.8 Å². The van der Waals surface area contributed by atoms with Crippen molar-refractivity contribution in [1.82, 2.24) is 19.7 Å². The second kappa shape index (κ2) is 15.0. The third-order valence-electron chi connectivity index (χ3n) is 12.5. The van der Waals surface area contributed by atoms with Crippen LogP contribution in [0.2, 0.25) is 0 Å². The van der Waals surface area contributed by atoms with Crippen molar-refractivity contribution in [1.29, 1.82) is 0 Å². The van der Waals surface area contributed by atoms with Gasteiger partial charge in [-0.15, -0.1) is 0 Å². The maximum absolute atomic E-state index is 13.6. The first-order valence-corrected chi connectivity index (χ1v) is 20.5. The fourth-order valence-electron chi connectivity index (χ4n) is 10.6. The van der Waals surface area contributed by atoms with E-state index in [0.717, 1.165) is 58.4 Å². The average molecular weight is 777 g/mol. The molecule has 2 aromatic carbocycles. The van der Waals surface area contributed by atoms with Crippen molar-refractivity contribution < 1.29 is 28.9 Å². The number of nitrogens with zero attached hydrogens (tertiary/aromatic N) is 5. The Balaban J connectivity index is 0.920. The van der Waals surface area contributed by atoms with Crippen LogP contribution in [0.4, 0.5) is 10.9 Å². The number of pyridine rings is 1. The van der Waals surface area contributed by atoms with Gasteiger partial charge in [-0.1, -0.05) is 35.6 Å². The van der Waals surface area contributed by atoms with Gasteiger partial charge in [-0.05, 0) is 111 Å². The Labute approximate surface area is 330 Å². The molecule has 1 aliphatic heterocycles. The standard InChI is InChI=1S/C43H48N6O6S/c1-27-33(23-44-49(27)26-42-19-28-18-29(20-42)22-43(21-28,25-42)55-17-16-54-15-14-53-2)31-10-11-37(46-38(31)40(51)52)48-13-12-30-6-5-7-32(34(30)24-48)39(50)47-41-45-35-8-3-4-9-36(35)56-41/h3-11,23,28-29H,12-22,24-26H2,1-2H3,(H,51,52)(H,45,47,50). The van der Waals surface area contributed by atoms with E-state index in [2.05, 4.69) is 25.9 Å². The van der Waals surface area contributed by atoms with E-state index in [1.54, 1.807) is 13.3 Å². The summed E-state index contributed by atoms with van der Waals surface area (Å²) in [4.78, 5) is 37.8. The van der Waals surface area contributed by atoms with Gasteiger partial charge in [0.25, 0.3) is 5.91 Å². The van der Waals surface area contributed by atoms with Gasteiger partial charge in [0.1, 0.15) is 5.82 Å². The summed E-state index contributed by atoms with van der Waals surface area (Å²) in [6, 6.07) is 17.4. The predicted octanol–water partition coefficient (Wildman–Crippen LogP) is 7.40. The molecule has 0 radical (unpaired) electrons. The zero-order valence-electron chi connectivity index (χ0n) is 32.0. The molecule has 10 rings (SSSR count). The molecule has 4 saturated carbocycles. The molecule has 5 aliphatic rings. The highest BCUT2D eigenvalue weighted by molar-refractivity contribution is 7.22. The lowest BCUT2D eigenvalue weighted by Crippen LogP contribution is -2.58. The molecule has 4 aliphatic carbocycles. The number of carbonyl (C=O) groups is 2. The van der Waals surface area contributed by atoms with Gasteiger partial charge in [-0.3, -0.25) is 14.8 Å². The molecule has 0 spiro atoms. The Kier molecular flexibility index (Phi) is 9.89. The summed E-state index contributed by atoms with van der Waals surface area (Å²) in [7, 11) is 1.68. The molecule has 2 N–H and O–H groups in total. The molecule has 13 heteroatoms. The topological polar surface area (TPSA) is 141 Å². The van der Waals surface area contributed by atoms with Crippen LogP contribution in [0.5, 0.6) is 0 Å². The molecule has 0 saturated heterocycles. The molecular formula is C43H48N6O6S. The maximum Gasteiger partial charge on any atom is 0.355 e. The van der Waals surface area contributed by atoms with Crippen LogP contribution in [-0.4, -0.2) is 82.4 Å². The van der Waals surface area contributed by atoms with Crippen LogP contribution in [0, 0.1) is 24.2 Å². The summed E-state index contributed by atoms with van der Waals surface area (Å²) in [5, 5.41) is 18.9.